The molecule has 4 aromatic heterocycles. The molecule has 1 aliphatic heterocycles. The van der Waals surface area contributed by atoms with Gasteiger partial charge in [0.05, 0.1) is 0 Å². The van der Waals surface area contributed by atoms with Gasteiger partial charge in [-0.15, -0.1) is 11.3 Å². The van der Waals surface area contributed by atoms with Crippen LogP contribution in [0, 0.1) is 0 Å². The minimum atomic E-state index is -3.41. The van der Waals surface area contributed by atoms with Gasteiger partial charge in [0.25, 0.3) is 10.0 Å². The second-order valence-electron chi connectivity index (χ2n) is 7.95. The molecule has 0 radical (unpaired) electrons. The summed E-state index contributed by atoms with van der Waals surface area (Å²) < 4.78 is 29.5. The van der Waals surface area contributed by atoms with Crippen molar-refractivity contribution in [1.82, 2.24) is 23.9 Å². The van der Waals surface area contributed by atoms with Crippen molar-refractivity contribution in [2.24, 2.45) is 0 Å². The van der Waals surface area contributed by atoms with E-state index in [0.717, 1.165) is 41.0 Å². The van der Waals surface area contributed by atoms with Crippen LogP contribution in [0.3, 0.4) is 0 Å². The quantitative estimate of drug-likeness (QED) is 0.435. The highest BCUT2D eigenvalue weighted by Crippen LogP contribution is 2.32. The molecule has 1 aliphatic rings. The second-order valence-corrected chi connectivity index (χ2v) is 11.1. The average Bonchev–Trinajstić information content (AvgIpc) is 3.49. The number of nitrogens with one attached hydrogen (secondary N) is 1. The Balaban J connectivity index is 1.37. The Morgan fingerprint density at radius 3 is 2.75 bits per heavy atom. The Labute approximate surface area is 191 Å². The van der Waals surface area contributed by atoms with E-state index in [4.69, 9.17) is 4.98 Å². The Hall–Kier alpha value is -2.76. The highest BCUT2D eigenvalue weighted by atomic mass is 32.2. The van der Waals surface area contributed by atoms with E-state index in [2.05, 4.69) is 15.4 Å². The van der Waals surface area contributed by atoms with E-state index >= 15 is 0 Å². The molecule has 4 aromatic rings. The highest BCUT2D eigenvalue weighted by Gasteiger charge is 2.31. The van der Waals surface area contributed by atoms with Gasteiger partial charge in [-0.05, 0) is 41.4 Å². The Kier molecular flexibility index (Phi) is 5.70. The van der Waals surface area contributed by atoms with E-state index in [-0.39, 0.29) is 5.92 Å². The van der Waals surface area contributed by atoms with Crippen LogP contribution >= 0.6 is 11.3 Å². The van der Waals surface area contributed by atoms with Crippen molar-refractivity contribution in [2.45, 2.75) is 29.5 Å². The summed E-state index contributed by atoms with van der Waals surface area (Å²) in [6.07, 6.45) is 6.89. The van der Waals surface area contributed by atoms with Crippen LogP contribution in [0.5, 0.6) is 0 Å². The largest absolute Gasteiger partial charge is 0.366 e. The lowest BCUT2D eigenvalue weighted by atomic mass is 9.94. The van der Waals surface area contributed by atoms with Crippen LogP contribution in [-0.2, 0) is 16.6 Å². The molecule has 0 saturated carbocycles. The molecule has 0 spiro atoms. The van der Waals surface area contributed by atoms with Crippen molar-refractivity contribution < 1.29 is 8.42 Å². The lowest BCUT2D eigenvalue weighted by Crippen LogP contribution is -2.37. The molecule has 1 N–H and O–H groups in total. The van der Waals surface area contributed by atoms with Gasteiger partial charge in [-0.25, -0.2) is 13.4 Å². The molecule has 0 atom stereocenters. The number of thiophene rings is 1. The number of anilines is 1. The zero-order valence-corrected chi connectivity index (χ0v) is 19.3. The fraction of sp³-hybridized carbons (Fsp3) is 0.286. The standard InChI is InChI=1S/C21H23BN6O2S2/c22-17-14-25-28-19(24-13-15-3-1-7-23-12-15)11-18(26-21(17)28)16-5-8-27(9-6-16)32(29,30)20-4-2-10-31-20/h1-4,7,10-12,14,16,24H,5-6,8-9,13,22H2. The van der Waals surface area contributed by atoms with E-state index in [1.165, 1.54) is 11.3 Å². The van der Waals surface area contributed by atoms with E-state index in [1.807, 2.05) is 43.0 Å². The summed E-state index contributed by atoms with van der Waals surface area (Å²) in [6.45, 7) is 1.62. The Morgan fingerprint density at radius 2 is 2.03 bits per heavy atom. The summed E-state index contributed by atoms with van der Waals surface area (Å²) >= 11 is 1.27. The average molecular weight is 466 g/mol. The summed E-state index contributed by atoms with van der Waals surface area (Å²) in [5.41, 5.74) is 3.89. The SMILES string of the molecule is Bc1cnn2c(NCc3cccnc3)cc(C3CCN(S(=O)(=O)c4cccs4)CC3)nc12. The van der Waals surface area contributed by atoms with Crippen molar-refractivity contribution in [3.63, 3.8) is 0 Å². The van der Waals surface area contributed by atoms with Crippen LogP contribution in [0.4, 0.5) is 5.82 Å². The van der Waals surface area contributed by atoms with Gasteiger partial charge in [-0.2, -0.15) is 13.9 Å². The molecule has 0 unspecified atom stereocenters. The first-order chi connectivity index (χ1) is 15.5. The van der Waals surface area contributed by atoms with E-state index in [0.29, 0.717) is 23.8 Å². The van der Waals surface area contributed by atoms with Gasteiger partial charge < -0.3 is 5.32 Å². The lowest BCUT2D eigenvalue weighted by molar-refractivity contribution is 0.317. The number of pyridine rings is 1. The highest BCUT2D eigenvalue weighted by molar-refractivity contribution is 7.91. The summed E-state index contributed by atoms with van der Waals surface area (Å²) in [5.74, 6) is 1.07. The fourth-order valence-corrected chi connectivity index (χ4v) is 6.67. The van der Waals surface area contributed by atoms with Gasteiger partial charge in [-0.3, -0.25) is 4.98 Å². The smallest absolute Gasteiger partial charge is 0.252 e. The number of nitrogens with zero attached hydrogens (tertiary/aromatic N) is 5. The van der Waals surface area contributed by atoms with Crippen LogP contribution < -0.4 is 10.8 Å². The molecule has 5 heterocycles. The first-order valence-corrected chi connectivity index (χ1v) is 12.9. The summed E-state index contributed by atoms with van der Waals surface area (Å²) in [5, 5.41) is 9.74. The molecular formula is C21H23BN6O2S2. The first-order valence-electron chi connectivity index (χ1n) is 10.5. The number of hydrogen-bond acceptors (Lipinski definition) is 7. The van der Waals surface area contributed by atoms with Gasteiger partial charge in [0.15, 0.2) is 5.65 Å². The maximum absolute atomic E-state index is 12.8. The maximum Gasteiger partial charge on any atom is 0.252 e. The Bertz CT molecular complexity index is 1320. The molecule has 0 amide bonds. The molecule has 1 fully saturated rings. The van der Waals surface area contributed by atoms with Crippen molar-refractivity contribution in [3.8, 4) is 0 Å². The predicted octanol–water partition coefficient (Wildman–Crippen LogP) is 1.62. The number of rotatable bonds is 6. The summed E-state index contributed by atoms with van der Waals surface area (Å²) in [6, 6.07) is 9.43. The third-order valence-corrected chi connectivity index (χ3v) is 9.10. The number of piperidine rings is 1. The molecule has 0 aromatic carbocycles. The number of hydrogen-bond donors (Lipinski definition) is 1. The molecule has 11 heteroatoms. The normalized spacial score (nSPS) is 15.9. The second kappa shape index (κ2) is 8.65. The van der Waals surface area contributed by atoms with Gasteiger partial charge >= 0.3 is 0 Å². The van der Waals surface area contributed by atoms with Gasteiger partial charge in [0.2, 0.25) is 0 Å². The fourth-order valence-electron chi connectivity index (χ4n) is 4.05. The minimum absolute atomic E-state index is 0.197. The van der Waals surface area contributed by atoms with Crippen LogP contribution in [0.2, 0.25) is 0 Å². The molecule has 5 rings (SSSR count). The van der Waals surface area contributed by atoms with Gasteiger partial charge in [0.1, 0.15) is 17.9 Å². The topological polar surface area (TPSA) is 92.5 Å². The third-order valence-electron chi connectivity index (χ3n) is 5.83. The molecule has 164 valence electrons. The minimum Gasteiger partial charge on any atom is -0.366 e. The predicted molar refractivity (Wildman–Crippen MR) is 128 cm³/mol. The third kappa shape index (κ3) is 4.03. The summed E-state index contributed by atoms with van der Waals surface area (Å²) in [4.78, 5) is 9.07. The van der Waals surface area contributed by atoms with E-state index in [1.54, 1.807) is 28.0 Å². The Morgan fingerprint density at radius 1 is 1.19 bits per heavy atom. The van der Waals surface area contributed by atoms with Crippen LogP contribution in [0.1, 0.15) is 30.0 Å². The number of sulfonamides is 1. The van der Waals surface area contributed by atoms with Gasteiger partial charge in [-0.1, -0.05) is 12.1 Å². The molecule has 0 aliphatic carbocycles. The maximum atomic E-state index is 12.8. The molecule has 0 bridgehead atoms. The van der Waals surface area contributed by atoms with E-state index in [9.17, 15) is 8.42 Å². The van der Waals surface area contributed by atoms with Gasteiger partial charge in [0, 0.05) is 55.9 Å². The van der Waals surface area contributed by atoms with Crippen molar-refractivity contribution in [1.29, 1.82) is 0 Å². The molecular weight excluding hydrogens is 443 g/mol. The zero-order chi connectivity index (χ0) is 22.1. The first kappa shape index (κ1) is 21.1. The molecule has 32 heavy (non-hydrogen) atoms. The van der Waals surface area contributed by atoms with Crippen LogP contribution in [0.15, 0.2) is 58.5 Å². The van der Waals surface area contributed by atoms with Crippen LogP contribution in [0.25, 0.3) is 5.65 Å². The van der Waals surface area contributed by atoms with Crippen molar-refractivity contribution >= 4 is 46.1 Å². The number of fused-ring (bicyclic) bond motifs is 1. The lowest BCUT2D eigenvalue weighted by Gasteiger charge is -2.30. The summed E-state index contributed by atoms with van der Waals surface area (Å²) in [7, 11) is -1.40. The van der Waals surface area contributed by atoms with Crippen molar-refractivity contribution in [2.75, 3.05) is 18.4 Å². The van der Waals surface area contributed by atoms with Crippen molar-refractivity contribution in [3.05, 3.63) is 65.6 Å². The van der Waals surface area contributed by atoms with E-state index < -0.39 is 10.0 Å². The zero-order valence-electron chi connectivity index (χ0n) is 17.7. The number of aromatic nitrogens is 4. The van der Waals surface area contributed by atoms with Crippen LogP contribution in [-0.4, -0.2) is 53.2 Å². The monoisotopic (exact) mass is 466 g/mol. The molecule has 8 nitrogen and oxygen atoms in total. The molecule has 1 saturated heterocycles.